The van der Waals surface area contributed by atoms with Crippen LogP contribution in [0.4, 0.5) is 0 Å². The lowest BCUT2D eigenvalue weighted by Crippen LogP contribution is -2.29. The Morgan fingerprint density at radius 2 is 1.86 bits per heavy atom. The van der Waals surface area contributed by atoms with Crippen molar-refractivity contribution in [1.29, 1.82) is 0 Å². The summed E-state index contributed by atoms with van der Waals surface area (Å²) in [5.74, 6) is 0.926. The molecule has 2 aromatic carbocycles. The van der Waals surface area contributed by atoms with E-state index < -0.39 is 0 Å². The van der Waals surface area contributed by atoms with E-state index in [4.69, 9.17) is 4.74 Å². The molecule has 0 radical (unpaired) electrons. The van der Waals surface area contributed by atoms with Crippen LogP contribution < -0.4 is 10.1 Å². The first-order chi connectivity index (χ1) is 10.2. The second-order valence-corrected chi connectivity index (χ2v) is 6.20. The van der Waals surface area contributed by atoms with E-state index in [0.29, 0.717) is 6.04 Å². The number of hydrogen-bond acceptors (Lipinski definition) is 2. The van der Waals surface area contributed by atoms with E-state index >= 15 is 0 Å². The van der Waals surface area contributed by atoms with Crippen LogP contribution in [0.25, 0.3) is 0 Å². The summed E-state index contributed by atoms with van der Waals surface area (Å²) in [5, 5.41) is 3.58. The van der Waals surface area contributed by atoms with Crippen LogP contribution in [0.2, 0.25) is 0 Å². The summed E-state index contributed by atoms with van der Waals surface area (Å²) in [4.78, 5) is 0. The summed E-state index contributed by atoms with van der Waals surface area (Å²) < 4.78 is 6.38. The molecule has 112 valence electrons. The van der Waals surface area contributed by atoms with Gasteiger partial charge in [-0.25, -0.2) is 0 Å². The molecular weight excluding hydrogens is 326 g/mol. The van der Waals surface area contributed by atoms with Gasteiger partial charge in [-0.2, -0.15) is 0 Å². The third kappa shape index (κ3) is 5.52. The monoisotopic (exact) mass is 347 g/mol. The Labute approximate surface area is 135 Å². The van der Waals surface area contributed by atoms with Crippen LogP contribution in [0.1, 0.15) is 18.1 Å². The Morgan fingerprint density at radius 1 is 1.10 bits per heavy atom. The lowest BCUT2D eigenvalue weighted by atomic mass is 10.1. The fraction of sp³-hybridized carbons (Fsp3) is 0.333. The van der Waals surface area contributed by atoms with E-state index in [1.807, 2.05) is 12.1 Å². The fourth-order valence-corrected chi connectivity index (χ4v) is 2.60. The van der Waals surface area contributed by atoms with E-state index in [2.05, 4.69) is 64.6 Å². The molecule has 0 fully saturated rings. The third-order valence-corrected chi connectivity index (χ3v) is 4.02. The number of hydrogen-bond donors (Lipinski definition) is 1. The number of rotatable bonds is 7. The molecule has 21 heavy (non-hydrogen) atoms. The molecule has 2 aromatic rings. The molecule has 0 aliphatic rings. The number of methoxy groups -OCH3 is 1. The maximum Gasteiger partial charge on any atom is 0.119 e. The van der Waals surface area contributed by atoms with Crippen LogP contribution in [0, 0.1) is 0 Å². The Kier molecular flexibility index (Phi) is 6.27. The second kappa shape index (κ2) is 8.20. The van der Waals surface area contributed by atoms with E-state index in [0.717, 1.165) is 29.6 Å². The Hall–Kier alpha value is -1.32. The van der Waals surface area contributed by atoms with Gasteiger partial charge in [0.1, 0.15) is 5.75 Å². The molecule has 1 N–H and O–H groups in total. The normalized spacial score (nSPS) is 12.1. The first-order valence-corrected chi connectivity index (χ1v) is 8.07. The zero-order valence-electron chi connectivity index (χ0n) is 12.6. The highest BCUT2D eigenvalue weighted by molar-refractivity contribution is 9.10. The molecule has 0 amide bonds. The maximum absolute atomic E-state index is 5.25. The predicted molar refractivity (Wildman–Crippen MR) is 92.0 cm³/mol. The average molecular weight is 348 g/mol. The molecule has 0 saturated carbocycles. The van der Waals surface area contributed by atoms with Crippen molar-refractivity contribution in [2.45, 2.75) is 25.8 Å². The van der Waals surface area contributed by atoms with Crippen molar-refractivity contribution < 1.29 is 4.74 Å². The summed E-state index contributed by atoms with van der Waals surface area (Å²) >= 11 is 3.47. The SMILES string of the molecule is COc1cccc(CCNC(C)Cc2ccc(Br)cc2)c1. The van der Waals surface area contributed by atoms with Gasteiger partial charge in [-0.05, 0) is 61.7 Å². The molecule has 1 atom stereocenters. The van der Waals surface area contributed by atoms with Gasteiger partial charge >= 0.3 is 0 Å². The van der Waals surface area contributed by atoms with Crippen LogP contribution in [0.5, 0.6) is 5.75 Å². The predicted octanol–water partition coefficient (Wildman–Crippen LogP) is 4.22. The molecule has 0 aliphatic carbocycles. The molecule has 0 saturated heterocycles. The third-order valence-electron chi connectivity index (χ3n) is 3.50. The van der Waals surface area contributed by atoms with Gasteiger partial charge in [-0.15, -0.1) is 0 Å². The van der Waals surface area contributed by atoms with Gasteiger partial charge in [-0.3, -0.25) is 0 Å². The summed E-state index contributed by atoms with van der Waals surface area (Å²) in [6.07, 6.45) is 2.06. The second-order valence-electron chi connectivity index (χ2n) is 5.29. The van der Waals surface area contributed by atoms with Gasteiger partial charge in [0.25, 0.3) is 0 Å². The highest BCUT2D eigenvalue weighted by atomic mass is 79.9. The molecule has 0 aromatic heterocycles. The van der Waals surface area contributed by atoms with Crippen LogP contribution in [-0.4, -0.2) is 19.7 Å². The zero-order chi connectivity index (χ0) is 15.1. The minimum absolute atomic E-state index is 0.469. The summed E-state index contributed by atoms with van der Waals surface area (Å²) in [5.41, 5.74) is 2.66. The summed E-state index contributed by atoms with van der Waals surface area (Å²) in [6, 6.07) is 17.3. The lowest BCUT2D eigenvalue weighted by molar-refractivity contribution is 0.414. The average Bonchev–Trinajstić information content (AvgIpc) is 2.50. The van der Waals surface area contributed by atoms with Gasteiger partial charge in [-0.1, -0.05) is 40.2 Å². The first-order valence-electron chi connectivity index (χ1n) is 7.28. The van der Waals surface area contributed by atoms with Crippen LogP contribution in [-0.2, 0) is 12.8 Å². The molecular formula is C18H22BrNO. The molecule has 0 bridgehead atoms. The Bertz CT molecular complexity index is 553. The van der Waals surface area contributed by atoms with Gasteiger partial charge in [0.15, 0.2) is 0 Å². The minimum atomic E-state index is 0.469. The number of halogens is 1. The minimum Gasteiger partial charge on any atom is -0.497 e. The van der Waals surface area contributed by atoms with E-state index in [1.165, 1.54) is 11.1 Å². The zero-order valence-corrected chi connectivity index (χ0v) is 14.2. The number of benzene rings is 2. The van der Waals surface area contributed by atoms with Crippen molar-refractivity contribution in [2.24, 2.45) is 0 Å². The van der Waals surface area contributed by atoms with E-state index in [9.17, 15) is 0 Å². The first kappa shape index (κ1) is 16.1. The molecule has 2 nitrogen and oxygen atoms in total. The molecule has 1 unspecified atom stereocenters. The van der Waals surface area contributed by atoms with Gasteiger partial charge in [0, 0.05) is 10.5 Å². The van der Waals surface area contributed by atoms with Crippen molar-refractivity contribution in [3.8, 4) is 5.75 Å². The Morgan fingerprint density at radius 3 is 2.57 bits per heavy atom. The standard InChI is InChI=1S/C18H22BrNO/c1-14(12-16-6-8-17(19)9-7-16)20-11-10-15-4-3-5-18(13-15)21-2/h3-9,13-14,20H,10-12H2,1-2H3. The summed E-state index contributed by atoms with van der Waals surface area (Å²) in [7, 11) is 1.71. The highest BCUT2D eigenvalue weighted by Gasteiger charge is 2.03. The highest BCUT2D eigenvalue weighted by Crippen LogP contribution is 2.13. The van der Waals surface area contributed by atoms with Crippen molar-refractivity contribution in [2.75, 3.05) is 13.7 Å². The molecule has 0 heterocycles. The van der Waals surface area contributed by atoms with Gasteiger partial charge in [0.2, 0.25) is 0 Å². The van der Waals surface area contributed by atoms with Crippen molar-refractivity contribution in [3.63, 3.8) is 0 Å². The van der Waals surface area contributed by atoms with Crippen molar-refractivity contribution in [3.05, 3.63) is 64.1 Å². The van der Waals surface area contributed by atoms with E-state index in [1.54, 1.807) is 7.11 Å². The molecule has 2 rings (SSSR count). The fourth-order valence-electron chi connectivity index (χ4n) is 2.34. The molecule has 0 spiro atoms. The molecule has 0 aliphatic heterocycles. The Balaban J connectivity index is 1.76. The van der Waals surface area contributed by atoms with Crippen molar-refractivity contribution >= 4 is 15.9 Å². The summed E-state index contributed by atoms with van der Waals surface area (Å²) in [6.45, 7) is 3.21. The maximum atomic E-state index is 5.25. The number of ether oxygens (including phenoxy) is 1. The topological polar surface area (TPSA) is 21.3 Å². The van der Waals surface area contributed by atoms with Gasteiger partial charge in [0.05, 0.1) is 7.11 Å². The van der Waals surface area contributed by atoms with Gasteiger partial charge < -0.3 is 10.1 Å². The van der Waals surface area contributed by atoms with Crippen molar-refractivity contribution in [1.82, 2.24) is 5.32 Å². The van der Waals surface area contributed by atoms with Crippen LogP contribution in [0.15, 0.2) is 53.0 Å². The largest absolute Gasteiger partial charge is 0.497 e. The molecule has 3 heteroatoms. The smallest absolute Gasteiger partial charge is 0.119 e. The van der Waals surface area contributed by atoms with E-state index in [-0.39, 0.29) is 0 Å². The quantitative estimate of drug-likeness (QED) is 0.809. The lowest BCUT2D eigenvalue weighted by Gasteiger charge is -2.14. The van der Waals surface area contributed by atoms with Crippen LogP contribution in [0.3, 0.4) is 0 Å². The van der Waals surface area contributed by atoms with Crippen LogP contribution >= 0.6 is 15.9 Å². The number of nitrogens with one attached hydrogen (secondary N) is 1.